The first kappa shape index (κ1) is 11.9. The minimum Gasteiger partial charge on any atom is -0.354 e. The summed E-state index contributed by atoms with van der Waals surface area (Å²) in [5.41, 5.74) is 1.68. The van der Waals surface area contributed by atoms with E-state index < -0.39 is 0 Å². The summed E-state index contributed by atoms with van der Waals surface area (Å²) >= 11 is 11.6. The lowest BCUT2D eigenvalue weighted by atomic mass is 10.2. The molecule has 0 atom stereocenters. The van der Waals surface area contributed by atoms with E-state index in [-0.39, 0.29) is 0 Å². The van der Waals surface area contributed by atoms with Gasteiger partial charge in [0.25, 0.3) is 0 Å². The Kier molecular flexibility index (Phi) is 3.61. The number of nitroso groups, excluding NO2 is 1. The fourth-order valence-electron chi connectivity index (χ4n) is 1.38. The van der Waals surface area contributed by atoms with Crippen LogP contribution in [0.25, 0.3) is 0 Å². The fraction of sp³-hybridized carbons (Fsp3) is 0. The van der Waals surface area contributed by atoms with Gasteiger partial charge in [-0.05, 0) is 47.6 Å². The molecule has 0 radical (unpaired) electrons. The van der Waals surface area contributed by atoms with Crippen LogP contribution in [0.1, 0.15) is 0 Å². The van der Waals surface area contributed by atoms with Crippen molar-refractivity contribution in [1.29, 1.82) is 0 Å². The lowest BCUT2D eigenvalue weighted by Gasteiger charge is -2.08. The van der Waals surface area contributed by atoms with E-state index in [1.54, 1.807) is 42.5 Å². The van der Waals surface area contributed by atoms with Crippen molar-refractivity contribution in [2.45, 2.75) is 0 Å². The van der Waals surface area contributed by atoms with Crippen LogP contribution in [0.15, 0.2) is 47.6 Å². The Bertz CT molecular complexity index is 541. The maximum Gasteiger partial charge on any atom is 0.131 e. The summed E-state index contributed by atoms with van der Waals surface area (Å²) in [4.78, 5) is 10.6. The second-order valence-corrected chi connectivity index (χ2v) is 4.26. The topological polar surface area (TPSA) is 41.5 Å². The molecule has 0 fully saturated rings. The molecule has 86 valence electrons. The maximum absolute atomic E-state index is 10.6. The minimum absolute atomic E-state index is 0.310. The van der Waals surface area contributed by atoms with Gasteiger partial charge < -0.3 is 5.32 Å². The lowest BCUT2D eigenvalue weighted by molar-refractivity contribution is 1.46. The van der Waals surface area contributed by atoms with E-state index in [0.717, 1.165) is 5.69 Å². The first-order valence-corrected chi connectivity index (χ1v) is 5.60. The summed E-state index contributed by atoms with van der Waals surface area (Å²) < 4.78 is 0. The van der Waals surface area contributed by atoms with Crippen LogP contribution in [0.5, 0.6) is 0 Å². The van der Waals surface area contributed by atoms with E-state index in [4.69, 9.17) is 23.2 Å². The number of nitrogens with one attached hydrogen (secondary N) is 1. The Morgan fingerprint density at radius 1 is 0.941 bits per heavy atom. The van der Waals surface area contributed by atoms with Crippen LogP contribution < -0.4 is 5.32 Å². The largest absolute Gasteiger partial charge is 0.354 e. The number of halogens is 2. The zero-order valence-electron chi connectivity index (χ0n) is 8.65. The summed E-state index contributed by atoms with van der Waals surface area (Å²) in [6, 6.07) is 11.9. The van der Waals surface area contributed by atoms with Crippen molar-refractivity contribution >= 4 is 40.3 Å². The van der Waals surface area contributed by atoms with Crippen molar-refractivity contribution in [2.24, 2.45) is 5.18 Å². The molecular weight excluding hydrogens is 259 g/mol. The van der Waals surface area contributed by atoms with Gasteiger partial charge in [0.15, 0.2) is 0 Å². The summed E-state index contributed by atoms with van der Waals surface area (Å²) in [6.45, 7) is 0. The highest BCUT2D eigenvalue weighted by Gasteiger charge is 2.04. The van der Waals surface area contributed by atoms with Gasteiger partial charge in [-0.2, -0.15) is 0 Å². The molecule has 0 bridgehead atoms. The highest BCUT2D eigenvalue weighted by molar-refractivity contribution is 6.31. The van der Waals surface area contributed by atoms with Crippen molar-refractivity contribution in [2.75, 3.05) is 5.32 Å². The Hall–Kier alpha value is -1.58. The van der Waals surface area contributed by atoms with Crippen molar-refractivity contribution in [1.82, 2.24) is 0 Å². The molecule has 0 aliphatic heterocycles. The molecule has 2 aromatic rings. The van der Waals surface area contributed by atoms with Gasteiger partial charge in [-0.25, -0.2) is 0 Å². The Balaban J connectivity index is 2.31. The van der Waals surface area contributed by atoms with Crippen LogP contribution in [-0.4, -0.2) is 0 Å². The highest BCUT2D eigenvalue weighted by Crippen LogP contribution is 2.30. The normalized spacial score (nSPS) is 10.0. The third kappa shape index (κ3) is 2.96. The number of rotatable bonds is 3. The molecule has 17 heavy (non-hydrogen) atoms. The number of anilines is 2. The van der Waals surface area contributed by atoms with Crippen LogP contribution >= 0.6 is 23.2 Å². The zero-order chi connectivity index (χ0) is 12.3. The van der Waals surface area contributed by atoms with Gasteiger partial charge in [-0.15, -0.1) is 4.91 Å². The van der Waals surface area contributed by atoms with Gasteiger partial charge in [0, 0.05) is 15.7 Å². The Morgan fingerprint density at radius 3 is 2.24 bits per heavy atom. The van der Waals surface area contributed by atoms with Gasteiger partial charge in [0.1, 0.15) is 5.69 Å². The predicted octanol–water partition coefficient (Wildman–Crippen LogP) is 5.13. The SMILES string of the molecule is O=Nc1ccc(Cl)cc1Nc1ccc(Cl)cc1. The number of hydrogen-bond acceptors (Lipinski definition) is 3. The summed E-state index contributed by atoms with van der Waals surface area (Å²) in [5, 5.41) is 7.17. The maximum atomic E-state index is 10.6. The van der Waals surface area contributed by atoms with Gasteiger partial charge in [-0.3, -0.25) is 0 Å². The number of benzene rings is 2. The average molecular weight is 267 g/mol. The second kappa shape index (κ2) is 5.17. The van der Waals surface area contributed by atoms with E-state index in [1.165, 1.54) is 0 Å². The molecule has 0 saturated carbocycles. The van der Waals surface area contributed by atoms with Crippen molar-refractivity contribution in [3.63, 3.8) is 0 Å². The molecule has 2 rings (SSSR count). The highest BCUT2D eigenvalue weighted by atomic mass is 35.5. The first-order valence-electron chi connectivity index (χ1n) is 4.84. The van der Waals surface area contributed by atoms with Gasteiger partial charge >= 0.3 is 0 Å². The third-order valence-corrected chi connectivity index (χ3v) is 2.67. The number of nitrogens with zero attached hydrogens (tertiary/aromatic N) is 1. The molecule has 2 aromatic carbocycles. The van der Waals surface area contributed by atoms with Gasteiger partial charge in [0.05, 0.1) is 5.69 Å². The Morgan fingerprint density at radius 2 is 1.59 bits per heavy atom. The van der Waals surface area contributed by atoms with Gasteiger partial charge in [0.2, 0.25) is 0 Å². The molecule has 1 N–H and O–H groups in total. The molecule has 0 unspecified atom stereocenters. The standard InChI is InChI=1S/C12H8Cl2N2O/c13-8-1-4-10(5-2-8)15-12-7-9(14)3-6-11(12)16-17/h1-7,15H. The van der Waals surface area contributed by atoms with Crippen molar-refractivity contribution in [3.8, 4) is 0 Å². The fourth-order valence-corrected chi connectivity index (χ4v) is 1.67. The van der Waals surface area contributed by atoms with Crippen molar-refractivity contribution < 1.29 is 0 Å². The molecule has 3 nitrogen and oxygen atoms in total. The minimum atomic E-state index is 0.310. The first-order chi connectivity index (χ1) is 8.19. The zero-order valence-corrected chi connectivity index (χ0v) is 10.2. The number of hydrogen-bond donors (Lipinski definition) is 1. The average Bonchev–Trinajstić information content (AvgIpc) is 2.32. The molecule has 0 saturated heterocycles. The molecular formula is C12H8Cl2N2O. The van der Waals surface area contributed by atoms with Crippen LogP contribution in [0.2, 0.25) is 10.0 Å². The molecule has 5 heteroatoms. The summed E-state index contributed by atoms with van der Waals surface area (Å²) in [7, 11) is 0. The molecule has 0 heterocycles. The van der Waals surface area contributed by atoms with E-state index in [0.29, 0.717) is 21.4 Å². The molecule has 0 aliphatic carbocycles. The van der Waals surface area contributed by atoms with E-state index in [9.17, 15) is 4.91 Å². The summed E-state index contributed by atoms with van der Waals surface area (Å²) in [6.07, 6.45) is 0. The van der Waals surface area contributed by atoms with E-state index in [1.807, 2.05) is 0 Å². The van der Waals surface area contributed by atoms with Crippen LogP contribution in [0.3, 0.4) is 0 Å². The second-order valence-electron chi connectivity index (χ2n) is 3.38. The quantitative estimate of drug-likeness (QED) is 0.782. The molecule has 0 spiro atoms. The summed E-state index contributed by atoms with van der Waals surface area (Å²) in [5.74, 6) is 0. The van der Waals surface area contributed by atoms with Crippen molar-refractivity contribution in [3.05, 3.63) is 57.4 Å². The lowest BCUT2D eigenvalue weighted by Crippen LogP contribution is -1.90. The van der Waals surface area contributed by atoms with Crippen LogP contribution in [0, 0.1) is 4.91 Å². The Labute approximate surface area is 108 Å². The van der Waals surface area contributed by atoms with E-state index >= 15 is 0 Å². The monoisotopic (exact) mass is 266 g/mol. The molecule has 0 aliphatic rings. The van der Waals surface area contributed by atoms with Crippen LogP contribution in [-0.2, 0) is 0 Å². The van der Waals surface area contributed by atoms with E-state index in [2.05, 4.69) is 10.5 Å². The third-order valence-electron chi connectivity index (χ3n) is 2.18. The molecule has 0 amide bonds. The molecule has 0 aromatic heterocycles. The predicted molar refractivity (Wildman–Crippen MR) is 71.6 cm³/mol. The van der Waals surface area contributed by atoms with Gasteiger partial charge in [-0.1, -0.05) is 23.2 Å². The van der Waals surface area contributed by atoms with Crippen LogP contribution in [0.4, 0.5) is 17.1 Å². The smallest absolute Gasteiger partial charge is 0.131 e.